The Hall–Kier alpha value is -3.15. The van der Waals surface area contributed by atoms with Gasteiger partial charge in [-0.25, -0.2) is 9.96 Å². The van der Waals surface area contributed by atoms with Gasteiger partial charge >= 0.3 is 0 Å². The highest BCUT2D eigenvalue weighted by Crippen LogP contribution is 2.48. The maximum absolute atomic E-state index is 13.6. The fourth-order valence-electron chi connectivity index (χ4n) is 4.28. The van der Waals surface area contributed by atoms with E-state index in [4.69, 9.17) is 16.4 Å². The molecule has 5 nitrogen and oxygen atoms in total. The second-order valence-electron chi connectivity index (χ2n) is 7.46. The number of benzene rings is 3. The van der Waals surface area contributed by atoms with Crippen LogP contribution in [0.3, 0.4) is 0 Å². The summed E-state index contributed by atoms with van der Waals surface area (Å²) < 4.78 is 0. The molecule has 2 saturated heterocycles. The lowest BCUT2D eigenvalue weighted by Gasteiger charge is -2.29. The molecule has 3 aromatic carbocycles. The van der Waals surface area contributed by atoms with Crippen LogP contribution in [-0.4, -0.2) is 17.9 Å². The Bertz CT molecular complexity index is 1120. The topological polar surface area (TPSA) is 49.9 Å². The first kappa shape index (κ1) is 18.9. The van der Waals surface area contributed by atoms with Gasteiger partial charge in [-0.2, -0.15) is 0 Å². The van der Waals surface area contributed by atoms with Crippen LogP contribution in [0.4, 0.5) is 11.4 Å². The minimum atomic E-state index is -0.888. The summed E-state index contributed by atoms with van der Waals surface area (Å²) in [4.78, 5) is 34.3. The number of carbonyl (C=O) groups is 2. The van der Waals surface area contributed by atoms with Gasteiger partial charge in [0.1, 0.15) is 5.92 Å². The molecule has 0 N–H and O–H groups in total. The van der Waals surface area contributed by atoms with Crippen LogP contribution < -0.4 is 9.96 Å². The number of imide groups is 1. The van der Waals surface area contributed by atoms with E-state index in [1.54, 1.807) is 30.2 Å². The van der Waals surface area contributed by atoms with E-state index >= 15 is 0 Å². The van der Waals surface area contributed by atoms with Crippen LogP contribution in [0.1, 0.15) is 17.2 Å². The number of para-hydroxylation sites is 1. The average Bonchev–Trinajstić information content (AvgIpc) is 3.28. The van der Waals surface area contributed by atoms with Crippen molar-refractivity contribution in [3.63, 3.8) is 0 Å². The molecular weight excluding hydrogens is 400 g/mol. The molecule has 2 aliphatic rings. The zero-order valence-corrected chi connectivity index (χ0v) is 17.0. The SMILES string of the molecule is Cc1c(Cl)cccc1N1C(=O)[C@H]2[C@@H](ON(c3ccccc3)[C@H]2c2ccccc2)C1=O. The van der Waals surface area contributed by atoms with Gasteiger partial charge in [0, 0.05) is 5.02 Å². The second-order valence-corrected chi connectivity index (χ2v) is 7.87. The Kier molecular flexibility index (Phi) is 4.57. The third-order valence-electron chi connectivity index (χ3n) is 5.75. The van der Waals surface area contributed by atoms with Crippen molar-refractivity contribution in [1.82, 2.24) is 0 Å². The highest BCUT2D eigenvalue weighted by molar-refractivity contribution is 6.32. The summed E-state index contributed by atoms with van der Waals surface area (Å²) in [6, 6.07) is 24.0. The lowest BCUT2D eigenvalue weighted by atomic mass is 9.90. The summed E-state index contributed by atoms with van der Waals surface area (Å²) in [6.07, 6.45) is -0.888. The van der Waals surface area contributed by atoms with E-state index < -0.39 is 18.1 Å². The summed E-state index contributed by atoms with van der Waals surface area (Å²) in [5.74, 6) is -1.30. The molecule has 150 valence electrons. The number of hydrogen-bond acceptors (Lipinski definition) is 4. The van der Waals surface area contributed by atoms with Crippen molar-refractivity contribution in [2.24, 2.45) is 5.92 Å². The number of fused-ring (bicyclic) bond motifs is 1. The van der Waals surface area contributed by atoms with Crippen molar-refractivity contribution in [1.29, 1.82) is 0 Å². The number of anilines is 2. The molecule has 6 heteroatoms. The quantitative estimate of drug-likeness (QED) is 0.578. The number of rotatable bonds is 3. The van der Waals surface area contributed by atoms with Crippen LogP contribution in [0.25, 0.3) is 0 Å². The summed E-state index contributed by atoms with van der Waals surface area (Å²) in [6.45, 7) is 1.80. The molecule has 2 aliphatic heterocycles. The Labute approximate surface area is 179 Å². The molecule has 0 bridgehead atoms. The van der Waals surface area contributed by atoms with Crippen LogP contribution in [0.2, 0.25) is 5.02 Å². The average molecular weight is 419 g/mol. The van der Waals surface area contributed by atoms with Crippen molar-refractivity contribution in [2.75, 3.05) is 9.96 Å². The third-order valence-corrected chi connectivity index (χ3v) is 6.16. The van der Waals surface area contributed by atoms with Gasteiger partial charge in [-0.3, -0.25) is 14.4 Å². The number of amides is 2. The van der Waals surface area contributed by atoms with E-state index in [9.17, 15) is 9.59 Å². The number of halogens is 1. The molecule has 2 fully saturated rings. The maximum atomic E-state index is 13.6. The van der Waals surface area contributed by atoms with E-state index in [-0.39, 0.29) is 11.8 Å². The molecule has 2 amide bonds. The second kappa shape index (κ2) is 7.27. The molecule has 0 spiro atoms. The summed E-state index contributed by atoms with van der Waals surface area (Å²) >= 11 is 6.25. The summed E-state index contributed by atoms with van der Waals surface area (Å²) in [5.41, 5.74) is 2.91. The fourth-order valence-corrected chi connectivity index (χ4v) is 4.45. The fraction of sp³-hybridized carbons (Fsp3) is 0.167. The first-order chi connectivity index (χ1) is 14.6. The smallest absolute Gasteiger partial charge is 0.266 e. The first-order valence-corrected chi connectivity index (χ1v) is 10.1. The molecule has 0 saturated carbocycles. The number of hydrogen-bond donors (Lipinski definition) is 0. The van der Waals surface area contributed by atoms with E-state index in [2.05, 4.69) is 0 Å². The van der Waals surface area contributed by atoms with E-state index in [0.29, 0.717) is 16.3 Å². The molecule has 3 aromatic rings. The van der Waals surface area contributed by atoms with Gasteiger partial charge in [0.25, 0.3) is 5.91 Å². The van der Waals surface area contributed by atoms with Crippen LogP contribution >= 0.6 is 11.6 Å². The Morgan fingerprint density at radius 3 is 2.20 bits per heavy atom. The number of nitrogens with zero attached hydrogens (tertiary/aromatic N) is 2. The van der Waals surface area contributed by atoms with Crippen molar-refractivity contribution in [3.05, 3.63) is 95.0 Å². The minimum Gasteiger partial charge on any atom is -0.273 e. The van der Waals surface area contributed by atoms with Crippen LogP contribution in [0.15, 0.2) is 78.9 Å². The lowest BCUT2D eigenvalue weighted by molar-refractivity contribution is -0.126. The molecule has 5 rings (SSSR count). The van der Waals surface area contributed by atoms with E-state index in [1.807, 2.05) is 60.7 Å². The summed E-state index contributed by atoms with van der Waals surface area (Å²) in [5, 5.41) is 2.21. The standard InChI is InChI=1S/C24H19ClN2O3/c1-15-18(25)13-8-14-19(15)26-23(28)20-21(16-9-4-2-5-10-16)27(30-22(20)24(26)29)17-11-6-3-7-12-17/h2-14,20-22H,1H3/t20-,21+,22-/m1/s1. The van der Waals surface area contributed by atoms with Gasteiger partial charge in [0.2, 0.25) is 5.91 Å². The lowest BCUT2D eigenvalue weighted by Crippen LogP contribution is -2.37. The van der Waals surface area contributed by atoms with Crippen molar-refractivity contribution in [2.45, 2.75) is 19.1 Å². The van der Waals surface area contributed by atoms with Gasteiger partial charge < -0.3 is 0 Å². The predicted octanol–water partition coefficient (Wildman–Crippen LogP) is 4.70. The molecule has 0 unspecified atom stereocenters. The number of hydroxylamine groups is 1. The van der Waals surface area contributed by atoms with Crippen molar-refractivity contribution in [3.8, 4) is 0 Å². The summed E-state index contributed by atoms with van der Waals surface area (Å²) in [7, 11) is 0. The van der Waals surface area contributed by atoms with Crippen molar-refractivity contribution < 1.29 is 14.4 Å². The Balaban J connectivity index is 1.60. The highest BCUT2D eigenvalue weighted by atomic mass is 35.5. The van der Waals surface area contributed by atoms with Crippen molar-refractivity contribution >= 4 is 34.8 Å². The molecule has 2 heterocycles. The van der Waals surface area contributed by atoms with Crippen LogP contribution in [0, 0.1) is 12.8 Å². The predicted molar refractivity (Wildman–Crippen MR) is 115 cm³/mol. The van der Waals surface area contributed by atoms with E-state index in [0.717, 1.165) is 11.3 Å². The monoisotopic (exact) mass is 418 g/mol. The molecular formula is C24H19ClN2O3. The first-order valence-electron chi connectivity index (χ1n) is 9.77. The largest absolute Gasteiger partial charge is 0.273 e. The van der Waals surface area contributed by atoms with Gasteiger partial charge in [-0.15, -0.1) is 0 Å². The number of carbonyl (C=O) groups excluding carboxylic acids is 2. The highest BCUT2D eigenvalue weighted by Gasteiger charge is 2.60. The molecule has 30 heavy (non-hydrogen) atoms. The van der Waals surface area contributed by atoms with Gasteiger partial charge in [-0.1, -0.05) is 66.2 Å². The normalized spacial score (nSPS) is 23.2. The van der Waals surface area contributed by atoms with Crippen LogP contribution in [-0.2, 0) is 14.4 Å². The maximum Gasteiger partial charge on any atom is 0.266 e. The Morgan fingerprint density at radius 1 is 0.833 bits per heavy atom. The Morgan fingerprint density at radius 2 is 1.50 bits per heavy atom. The van der Waals surface area contributed by atoms with E-state index in [1.165, 1.54) is 4.90 Å². The van der Waals surface area contributed by atoms with Gasteiger partial charge in [0.05, 0.1) is 17.4 Å². The van der Waals surface area contributed by atoms with Gasteiger partial charge in [-0.05, 0) is 42.3 Å². The molecule has 3 atom stereocenters. The third kappa shape index (κ3) is 2.82. The minimum absolute atomic E-state index is 0.275. The molecule has 0 aromatic heterocycles. The zero-order valence-electron chi connectivity index (χ0n) is 16.2. The molecule has 0 radical (unpaired) electrons. The van der Waals surface area contributed by atoms with Crippen LogP contribution in [0.5, 0.6) is 0 Å². The zero-order chi connectivity index (χ0) is 20.8. The molecule has 0 aliphatic carbocycles. The van der Waals surface area contributed by atoms with Gasteiger partial charge in [0.15, 0.2) is 6.10 Å².